The fourth-order valence-corrected chi connectivity index (χ4v) is 3.75. The number of nitrogens with one attached hydrogen (secondary N) is 1. The highest BCUT2D eigenvalue weighted by molar-refractivity contribution is 5.92. The van der Waals surface area contributed by atoms with Gasteiger partial charge in [-0.1, -0.05) is 27.2 Å². The second-order valence-corrected chi connectivity index (χ2v) is 7.94. The average Bonchev–Trinajstić information content (AvgIpc) is 2.78. The first-order valence-corrected chi connectivity index (χ1v) is 9.23. The van der Waals surface area contributed by atoms with E-state index in [9.17, 15) is 4.79 Å². The molecule has 1 fully saturated rings. The average molecular weight is 332 g/mol. The lowest BCUT2D eigenvalue weighted by Crippen LogP contribution is -2.39. The fourth-order valence-electron chi connectivity index (χ4n) is 3.75. The van der Waals surface area contributed by atoms with Gasteiger partial charge in [-0.05, 0) is 56.9 Å². The molecule has 4 heteroatoms. The van der Waals surface area contributed by atoms with E-state index in [0.717, 1.165) is 35.7 Å². The third-order valence-corrected chi connectivity index (χ3v) is 6.06. The molecule has 1 aromatic rings. The van der Waals surface area contributed by atoms with E-state index in [-0.39, 0.29) is 5.91 Å². The summed E-state index contributed by atoms with van der Waals surface area (Å²) in [4.78, 5) is 12.2. The highest BCUT2D eigenvalue weighted by atomic mass is 16.1. The zero-order valence-electron chi connectivity index (χ0n) is 16.1. The maximum atomic E-state index is 12.2. The molecule has 2 rings (SSSR count). The van der Waals surface area contributed by atoms with Crippen LogP contribution < -0.4 is 5.32 Å². The van der Waals surface area contributed by atoms with Crippen molar-refractivity contribution in [1.82, 2.24) is 15.1 Å². The van der Waals surface area contributed by atoms with Crippen LogP contribution in [0.4, 0.5) is 0 Å². The number of nitrogens with zero attached hydrogens (tertiary/aromatic N) is 2. The van der Waals surface area contributed by atoms with Gasteiger partial charge in [0.05, 0.1) is 5.69 Å². The maximum Gasteiger partial charge on any atom is 0.244 e. The van der Waals surface area contributed by atoms with Crippen LogP contribution in [0.5, 0.6) is 0 Å². The normalized spacial score (nSPS) is 22.1. The summed E-state index contributed by atoms with van der Waals surface area (Å²) in [6, 6.07) is 0.321. The van der Waals surface area contributed by atoms with Crippen LogP contribution in [0.25, 0.3) is 6.08 Å². The fraction of sp³-hybridized carbons (Fsp3) is 0.700. The van der Waals surface area contributed by atoms with Gasteiger partial charge in [-0.15, -0.1) is 0 Å². The predicted molar refractivity (Wildman–Crippen MR) is 99.7 cm³/mol. The molecule has 0 aromatic carbocycles. The van der Waals surface area contributed by atoms with Crippen molar-refractivity contribution in [3.8, 4) is 0 Å². The second-order valence-electron chi connectivity index (χ2n) is 7.94. The molecule has 0 aliphatic heterocycles. The van der Waals surface area contributed by atoms with Crippen LogP contribution in [-0.4, -0.2) is 21.7 Å². The molecule has 1 saturated carbocycles. The summed E-state index contributed by atoms with van der Waals surface area (Å²) in [6.07, 6.45) is 9.39. The van der Waals surface area contributed by atoms with Crippen LogP contribution in [0.1, 0.15) is 69.8 Å². The zero-order chi connectivity index (χ0) is 17.9. The van der Waals surface area contributed by atoms with Gasteiger partial charge in [0.2, 0.25) is 5.91 Å². The Morgan fingerprint density at radius 3 is 2.42 bits per heavy atom. The first kappa shape index (κ1) is 18.8. The number of aromatic nitrogens is 2. The molecule has 0 unspecified atom stereocenters. The standard InChI is InChI=1S/C20H33N3O/c1-7-20(4,5)16-8-10-17(11-9-16)21-19(24)13-12-18-14(2)22-23(6)15(18)3/h12-13,16-17H,7-11H2,1-6H3,(H,21,24)/b13-12+. The molecule has 0 saturated heterocycles. The number of aryl methyl sites for hydroxylation is 2. The monoisotopic (exact) mass is 331 g/mol. The van der Waals surface area contributed by atoms with Crippen LogP contribution in [0, 0.1) is 25.2 Å². The van der Waals surface area contributed by atoms with Crippen LogP contribution in [0.3, 0.4) is 0 Å². The summed E-state index contributed by atoms with van der Waals surface area (Å²) in [5, 5.41) is 7.55. The van der Waals surface area contributed by atoms with Crippen molar-refractivity contribution >= 4 is 12.0 Å². The molecule has 0 radical (unpaired) electrons. The Hall–Kier alpha value is -1.58. The summed E-state index contributed by atoms with van der Waals surface area (Å²) >= 11 is 0. The smallest absolute Gasteiger partial charge is 0.244 e. The van der Waals surface area contributed by atoms with E-state index in [2.05, 4.69) is 31.2 Å². The lowest BCUT2D eigenvalue weighted by molar-refractivity contribution is -0.117. The molecule has 0 atom stereocenters. The molecule has 1 heterocycles. The molecule has 1 N–H and O–H groups in total. The Morgan fingerprint density at radius 1 is 1.29 bits per heavy atom. The van der Waals surface area contributed by atoms with Gasteiger partial charge in [-0.25, -0.2) is 0 Å². The largest absolute Gasteiger partial charge is 0.350 e. The van der Waals surface area contributed by atoms with Crippen molar-refractivity contribution in [2.45, 2.75) is 72.8 Å². The highest BCUT2D eigenvalue weighted by Crippen LogP contribution is 2.40. The van der Waals surface area contributed by atoms with Crippen LogP contribution >= 0.6 is 0 Å². The van der Waals surface area contributed by atoms with E-state index < -0.39 is 0 Å². The van der Waals surface area contributed by atoms with Crippen molar-refractivity contribution in [3.63, 3.8) is 0 Å². The Labute approximate surface area is 146 Å². The summed E-state index contributed by atoms with van der Waals surface area (Å²) in [5.41, 5.74) is 3.51. The molecule has 0 bridgehead atoms. The van der Waals surface area contributed by atoms with Crippen LogP contribution in [0.15, 0.2) is 6.08 Å². The van der Waals surface area contributed by atoms with Crippen LogP contribution in [0.2, 0.25) is 0 Å². The molecule has 4 nitrogen and oxygen atoms in total. The lowest BCUT2D eigenvalue weighted by atomic mass is 9.69. The Kier molecular flexibility index (Phi) is 5.89. The number of hydrogen-bond acceptors (Lipinski definition) is 2. The third-order valence-electron chi connectivity index (χ3n) is 6.06. The number of hydrogen-bond donors (Lipinski definition) is 1. The minimum Gasteiger partial charge on any atom is -0.350 e. The van der Waals surface area contributed by atoms with Gasteiger partial charge < -0.3 is 5.32 Å². The number of carbonyl (C=O) groups is 1. The maximum absolute atomic E-state index is 12.2. The summed E-state index contributed by atoms with van der Waals surface area (Å²) in [7, 11) is 1.93. The molecule has 1 aliphatic carbocycles. The van der Waals surface area contributed by atoms with Gasteiger partial charge in [0.15, 0.2) is 0 Å². The lowest BCUT2D eigenvalue weighted by Gasteiger charge is -2.39. The van der Waals surface area contributed by atoms with Crippen molar-refractivity contribution in [2.75, 3.05) is 0 Å². The van der Waals surface area contributed by atoms with E-state index in [1.807, 2.05) is 31.7 Å². The summed E-state index contributed by atoms with van der Waals surface area (Å²) in [6.45, 7) is 11.0. The van der Waals surface area contributed by atoms with E-state index >= 15 is 0 Å². The minimum absolute atomic E-state index is 0.0101. The van der Waals surface area contributed by atoms with Gasteiger partial charge in [0.25, 0.3) is 0 Å². The van der Waals surface area contributed by atoms with Gasteiger partial charge in [0, 0.05) is 30.4 Å². The van der Waals surface area contributed by atoms with E-state index in [4.69, 9.17) is 0 Å². The molecule has 1 aromatic heterocycles. The van der Waals surface area contributed by atoms with Crippen molar-refractivity contribution < 1.29 is 4.79 Å². The zero-order valence-corrected chi connectivity index (χ0v) is 16.1. The number of rotatable bonds is 5. The van der Waals surface area contributed by atoms with Gasteiger partial charge >= 0.3 is 0 Å². The summed E-state index contributed by atoms with van der Waals surface area (Å²) < 4.78 is 1.85. The van der Waals surface area contributed by atoms with E-state index in [0.29, 0.717) is 11.5 Å². The first-order valence-electron chi connectivity index (χ1n) is 9.23. The highest BCUT2D eigenvalue weighted by Gasteiger charge is 2.31. The van der Waals surface area contributed by atoms with Gasteiger partial charge in [0.1, 0.15) is 0 Å². The SMILES string of the molecule is CCC(C)(C)C1CCC(NC(=O)/C=C/c2c(C)nn(C)c2C)CC1. The molecular weight excluding hydrogens is 298 g/mol. The predicted octanol–water partition coefficient (Wildman–Crippen LogP) is 4.16. The first-order chi connectivity index (χ1) is 11.2. The Morgan fingerprint density at radius 2 is 1.92 bits per heavy atom. The Bertz CT molecular complexity index is 605. The molecule has 24 heavy (non-hydrogen) atoms. The molecular formula is C20H33N3O. The topological polar surface area (TPSA) is 46.9 Å². The second kappa shape index (κ2) is 7.54. The number of amides is 1. The van der Waals surface area contributed by atoms with Crippen molar-refractivity contribution in [3.05, 3.63) is 23.0 Å². The molecule has 134 valence electrons. The molecule has 0 spiro atoms. The molecule has 1 aliphatic rings. The minimum atomic E-state index is 0.0101. The van der Waals surface area contributed by atoms with Crippen molar-refractivity contribution in [1.29, 1.82) is 0 Å². The number of carbonyl (C=O) groups excluding carboxylic acids is 1. The quantitative estimate of drug-likeness (QED) is 0.824. The van der Waals surface area contributed by atoms with E-state index in [1.54, 1.807) is 6.08 Å². The summed E-state index contributed by atoms with van der Waals surface area (Å²) in [5.74, 6) is 0.794. The van der Waals surface area contributed by atoms with Gasteiger partial charge in [-0.3, -0.25) is 9.48 Å². The molecule has 1 amide bonds. The Balaban J connectivity index is 1.87. The third kappa shape index (κ3) is 4.28. The van der Waals surface area contributed by atoms with Crippen LogP contribution in [-0.2, 0) is 11.8 Å². The van der Waals surface area contributed by atoms with E-state index in [1.165, 1.54) is 19.3 Å². The van der Waals surface area contributed by atoms with Gasteiger partial charge in [-0.2, -0.15) is 5.10 Å². The van der Waals surface area contributed by atoms with Crippen molar-refractivity contribution in [2.24, 2.45) is 18.4 Å².